The van der Waals surface area contributed by atoms with Crippen LogP contribution < -0.4 is 10.1 Å². The number of rotatable bonds is 7. The second kappa shape index (κ2) is 9.42. The number of aromatic nitrogens is 1. The van der Waals surface area contributed by atoms with Gasteiger partial charge in [0.15, 0.2) is 5.96 Å². The van der Waals surface area contributed by atoms with E-state index in [0.717, 1.165) is 54.0 Å². The molecule has 0 unspecified atom stereocenters. The van der Waals surface area contributed by atoms with Gasteiger partial charge in [0.25, 0.3) is 0 Å². The molecule has 0 aliphatic rings. The Balaban J connectivity index is 1.98. The molecule has 0 saturated heterocycles. The third-order valence-electron chi connectivity index (χ3n) is 3.90. The topological polar surface area (TPSA) is 49.8 Å². The van der Waals surface area contributed by atoms with Gasteiger partial charge in [0.2, 0.25) is 0 Å². The van der Waals surface area contributed by atoms with Gasteiger partial charge in [0.1, 0.15) is 5.75 Å². The van der Waals surface area contributed by atoms with Crippen molar-refractivity contribution in [1.29, 1.82) is 0 Å². The van der Waals surface area contributed by atoms with E-state index in [0.29, 0.717) is 0 Å². The first-order chi connectivity index (χ1) is 12.0. The summed E-state index contributed by atoms with van der Waals surface area (Å²) in [6.07, 6.45) is 0.884. The summed E-state index contributed by atoms with van der Waals surface area (Å²) < 4.78 is 5.40. The lowest BCUT2D eigenvalue weighted by Gasteiger charge is -2.21. The van der Waals surface area contributed by atoms with Crippen LogP contribution in [0.2, 0.25) is 0 Å². The molecule has 0 spiro atoms. The highest BCUT2D eigenvalue weighted by molar-refractivity contribution is 7.09. The molecule has 5 nitrogen and oxygen atoms in total. The van der Waals surface area contributed by atoms with Crippen molar-refractivity contribution in [2.24, 2.45) is 4.99 Å². The highest BCUT2D eigenvalue weighted by atomic mass is 32.1. The highest BCUT2D eigenvalue weighted by Crippen LogP contribution is 2.19. The third kappa shape index (κ3) is 5.74. The van der Waals surface area contributed by atoms with Crippen LogP contribution >= 0.6 is 11.3 Å². The van der Waals surface area contributed by atoms with E-state index in [1.807, 2.05) is 14.0 Å². The number of nitrogens with zero attached hydrogens (tertiary/aromatic N) is 3. The summed E-state index contributed by atoms with van der Waals surface area (Å²) in [5.41, 5.74) is 3.47. The van der Waals surface area contributed by atoms with Gasteiger partial charge in [0.05, 0.1) is 24.4 Å². The molecule has 0 amide bonds. The first kappa shape index (κ1) is 19.2. The second-order valence-electron chi connectivity index (χ2n) is 6.00. The molecule has 0 fully saturated rings. The fraction of sp³-hybridized carbons (Fsp3) is 0.474. The van der Waals surface area contributed by atoms with E-state index in [1.54, 1.807) is 18.4 Å². The van der Waals surface area contributed by atoms with Gasteiger partial charge < -0.3 is 15.0 Å². The molecule has 25 heavy (non-hydrogen) atoms. The number of thiazole rings is 1. The maximum atomic E-state index is 5.40. The Labute approximate surface area is 154 Å². The Kier molecular flexibility index (Phi) is 7.25. The molecule has 0 saturated carbocycles. The molecule has 0 aliphatic carbocycles. The number of hydrogen-bond acceptors (Lipinski definition) is 4. The van der Waals surface area contributed by atoms with Crippen molar-refractivity contribution in [1.82, 2.24) is 15.2 Å². The maximum absolute atomic E-state index is 5.40. The number of hydrogen-bond donors (Lipinski definition) is 1. The largest absolute Gasteiger partial charge is 0.496 e. The Hall–Kier alpha value is -2.08. The fourth-order valence-corrected chi connectivity index (χ4v) is 3.18. The first-order valence-corrected chi connectivity index (χ1v) is 9.45. The average molecular weight is 361 g/mol. The standard InChI is InChI=1S/C19H28N4OS/c1-6-20-19(23(4)12-17-13-25-15(3)22-17)21-10-9-16-8-7-14(2)18(11-16)24-5/h7-8,11,13H,6,9-10,12H2,1-5H3,(H,20,21). The van der Waals surface area contributed by atoms with Crippen LogP contribution in [-0.4, -0.2) is 43.1 Å². The van der Waals surface area contributed by atoms with E-state index < -0.39 is 0 Å². The Morgan fingerprint density at radius 2 is 2.16 bits per heavy atom. The molecular formula is C19H28N4OS. The molecule has 2 rings (SSSR count). The summed E-state index contributed by atoms with van der Waals surface area (Å²) in [5.74, 6) is 1.84. The van der Waals surface area contributed by atoms with Gasteiger partial charge in [-0.05, 0) is 44.4 Å². The smallest absolute Gasteiger partial charge is 0.194 e. The number of nitrogens with one attached hydrogen (secondary N) is 1. The zero-order valence-corrected chi connectivity index (χ0v) is 16.6. The summed E-state index contributed by atoms with van der Waals surface area (Å²) in [4.78, 5) is 11.4. The lowest BCUT2D eigenvalue weighted by Crippen LogP contribution is -2.38. The Bertz CT molecular complexity index is 711. The fourth-order valence-electron chi connectivity index (χ4n) is 2.58. The molecular weight excluding hydrogens is 332 g/mol. The van der Waals surface area contributed by atoms with E-state index in [-0.39, 0.29) is 0 Å². The van der Waals surface area contributed by atoms with Crippen molar-refractivity contribution in [3.05, 3.63) is 45.4 Å². The molecule has 0 bridgehead atoms. The van der Waals surface area contributed by atoms with Gasteiger partial charge in [-0.25, -0.2) is 4.98 Å². The molecule has 1 heterocycles. The molecule has 0 radical (unpaired) electrons. The maximum Gasteiger partial charge on any atom is 0.194 e. The van der Waals surface area contributed by atoms with Crippen molar-refractivity contribution >= 4 is 17.3 Å². The minimum Gasteiger partial charge on any atom is -0.496 e. The zero-order chi connectivity index (χ0) is 18.2. The van der Waals surface area contributed by atoms with Gasteiger partial charge in [-0.2, -0.15) is 0 Å². The van der Waals surface area contributed by atoms with Crippen LogP contribution in [-0.2, 0) is 13.0 Å². The van der Waals surface area contributed by atoms with E-state index in [4.69, 9.17) is 9.73 Å². The molecule has 1 N–H and O–H groups in total. The van der Waals surface area contributed by atoms with Gasteiger partial charge in [-0.3, -0.25) is 4.99 Å². The quantitative estimate of drug-likeness (QED) is 0.607. The minimum absolute atomic E-state index is 0.731. The van der Waals surface area contributed by atoms with Crippen molar-refractivity contribution in [3.63, 3.8) is 0 Å². The van der Waals surface area contributed by atoms with Gasteiger partial charge in [-0.15, -0.1) is 11.3 Å². The first-order valence-electron chi connectivity index (χ1n) is 8.57. The zero-order valence-electron chi connectivity index (χ0n) is 15.8. The van der Waals surface area contributed by atoms with Crippen LogP contribution in [0.3, 0.4) is 0 Å². The lowest BCUT2D eigenvalue weighted by atomic mass is 10.1. The van der Waals surface area contributed by atoms with Gasteiger partial charge in [0, 0.05) is 25.5 Å². The van der Waals surface area contributed by atoms with Crippen molar-refractivity contribution in [3.8, 4) is 5.75 Å². The molecule has 0 aliphatic heterocycles. The summed E-state index contributed by atoms with van der Waals surface area (Å²) in [6, 6.07) is 6.33. The summed E-state index contributed by atoms with van der Waals surface area (Å²) in [5, 5.41) is 6.56. The van der Waals surface area contributed by atoms with E-state index in [2.05, 4.69) is 52.6 Å². The third-order valence-corrected chi connectivity index (χ3v) is 4.72. The molecule has 0 atom stereocenters. The van der Waals surface area contributed by atoms with Gasteiger partial charge >= 0.3 is 0 Å². The number of aliphatic imine (C=N–C) groups is 1. The summed E-state index contributed by atoms with van der Waals surface area (Å²) in [6.45, 7) is 8.50. The van der Waals surface area contributed by atoms with Gasteiger partial charge in [-0.1, -0.05) is 12.1 Å². The molecule has 136 valence electrons. The van der Waals surface area contributed by atoms with Crippen molar-refractivity contribution in [2.45, 2.75) is 33.7 Å². The van der Waals surface area contributed by atoms with E-state index in [9.17, 15) is 0 Å². The second-order valence-corrected chi connectivity index (χ2v) is 7.07. The van der Waals surface area contributed by atoms with Crippen molar-refractivity contribution < 1.29 is 4.74 Å². The number of methoxy groups -OCH3 is 1. The van der Waals surface area contributed by atoms with E-state index >= 15 is 0 Å². The van der Waals surface area contributed by atoms with E-state index in [1.165, 1.54) is 5.56 Å². The number of aryl methyl sites for hydroxylation is 2. The highest BCUT2D eigenvalue weighted by Gasteiger charge is 2.08. The average Bonchev–Trinajstić information content (AvgIpc) is 3.00. The van der Waals surface area contributed by atoms with Crippen LogP contribution in [0.25, 0.3) is 0 Å². The Morgan fingerprint density at radius 3 is 2.80 bits per heavy atom. The van der Waals surface area contributed by atoms with Crippen LogP contribution in [0.5, 0.6) is 5.75 Å². The van der Waals surface area contributed by atoms with Crippen LogP contribution in [0.15, 0.2) is 28.6 Å². The molecule has 2 aromatic rings. The number of benzene rings is 1. The van der Waals surface area contributed by atoms with Crippen LogP contribution in [0.1, 0.15) is 28.8 Å². The predicted molar refractivity (Wildman–Crippen MR) is 106 cm³/mol. The van der Waals surface area contributed by atoms with Crippen molar-refractivity contribution in [2.75, 3.05) is 27.2 Å². The molecule has 6 heteroatoms. The minimum atomic E-state index is 0.731. The SMILES string of the molecule is CCNC(=NCCc1ccc(C)c(OC)c1)N(C)Cc1csc(C)n1. The van der Waals surface area contributed by atoms with Crippen LogP contribution in [0.4, 0.5) is 0 Å². The number of guanidine groups is 1. The summed E-state index contributed by atoms with van der Waals surface area (Å²) >= 11 is 1.68. The van der Waals surface area contributed by atoms with Crippen LogP contribution in [0, 0.1) is 13.8 Å². The molecule has 1 aromatic heterocycles. The Morgan fingerprint density at radius 1 is 1.36 bits per heavy atom. The summed E-state index contributed by atoms with van der Waals surface area (Å²) in [7, 11) is 3.76. The molecule has 1 aromatic carbocycles. The number of ether oxygens (including phenoxy) is 1. The monoisotopic (exact) mass is 360 g/mol. The normalized spacial score (nSPS) is 11.5. The lowest BCUT2D eigenvalue weighted by molar-refractivity contribution is 0.411. The predicted octanol–water partition coefficient (Wildman–Crippen LogP) is 3.41.